The zero-order valence-electron chi connectivity index (χ0n) is 15.3. The van der Waals surface area contributed by atoms with E-state index in [0.29, 0.717) is 21.3 Å². The SMILES string of the molecule is Cc1ccc(C(=O)NC(C)c2ccc(Cl)cc2Cl)cc1NC(=O)c1ccco1. The molecule has 2 N–H and O–H groups in total. The maximum absolute atomic E-state index is 12.7. The number of benzene rings is 2. The topological polar surface area (TPSA) is 71.3 Å². The summed E-state index contributed by atoms with van der Waals surface area (Å²) in [6.45, 7) is 3.68. The summed E-state index contributed by atoms with van der Waals surface area (Å²) in [7, 11) is 0. The molecule has 7 heteroatoms. The van der Waals surface area contributed by atoms with Crippen LogP contribution in [0.2, 0.25) is 10.0 Å². The fourth-order valence-corrected chi connectivity index (χ4v) is 3.27. The van der Waals surface area contributed by atoms with E-state index in [1.54, 1.807) is 48.5 Å². The Balaban J connectivity index is 1.75. The molecule has 1 aromatic heterocycles. The van der Waals surface area contributed by atoms with Crippen LogP contribution in [0.4, 0.5) is 5.69 Å². The standard InChI is InChI=1S/C21H18Cl2N2O3/c1-12-5-6-14(10-18(12)25-21(27)19-4-3-9-28-19)20(26)24-13(2)16-8-7-15(22)11-17(16)23/h3-11,13H,1-2H3,(H,24,26)(H,25,27). The van der Waals surface area contributed by atoms with Gasteiger partial charge in [0.25, 0.3) is 11.8 Å². The van der Waals surface area contributed by atoms with E-state index < -0.39 is 0 Å². The van der Waals surface area contributed by atoms with Gasteiger partial charge in [-0.25, -0.2) is 0 Å². The smallest absolute Gasteiger partial charge is 0.291 e. The first-order chi connectivity index (χ1) is 13.3. The van der Waals surface area contributed by atoms with Crippen molar-refractivity contribution in [2.24, 2.45) is 0 Å². The maximum Gasteiger partial charge on any atom is 0.291 e. The van der Waals surface area contributed by atoms with Gasteiger partial charge in [-0.05, 0) is 61.4 Å². The Morgan fingerprint density at radius 1 is 1.04 bits per heavy atom. The van der Waals surface area contributed by atoms with Crippen LogP contribution in [0.5, 0.6) is 0 Å². The molecule has 3 rings (SSSR count). The van der Waals surface area contributed by atoms with Gasteiger partial charge in [-0.3, -0.25) is 9.59 Å². The second-order valence-corrected chi connectivity index (χ2v) is 7.17. The molecular formula is C21H18Cl2N2O3. The second-order valence-electron chi connectivity index (χ2n) is 6.32. The highest BCUT2D eigenvalue weighted by Gasteiger charge is 2.16. The Bertz CT molecular complexity index is 1020. The molecule has 0 aliphatic carbocycles. The number of amides is 2. The van der Waals surface area contributed by atoms with E-state index in [0.717, 1.165) is 11.1 Å². The number of carbonyl (C=O) groups is 2. The van der Waals surface area contributed by atoms with E-state index in [4.69, 9.17) is 27.6 Å². The Kier molecular flexibility index (Phi) is 6.07. The van der Waals surface area contributed by atoms with Gasteiger partial charge in [-0.1, -0.05) is 35.3 Å². The molecule has 0 bridgehead atoms. The minimum Gasteiger partial charge on any atom is -0.459 e. The van der Waals surface area contributed by atoms with Crippen molar-refractivity contribution >= 4 is 40.7 Å². The number of hydrogen-bond acceptors (Lipinski definition) is 3. The molecule has 0 spiro atoms. The van der Waals surface area contributed by atoms with Crippen LogP contribution in [0, 0.1) is 6.92 Å². The summed E-state index contributed by atoms with van der Waals surface area (Å²) >= 11 is 12.1. The molecule has 0 saturated carbocycles. The predicted molar refractivity (Wildman–Crippen MR) is 110 cm³/mol. The van der Waals surface area contributed by atoms with Crippen LogP contribution in [-0.4, -0.2) is 11.8 Å². The largest absolute Gasteiger partial charge is 0.459 e. The van der Waals surface area contributed by atoms with E-state index in [9.17, 15) is 9.59 Å². The molecule has 0 aliphatic rings. The molecule has 2 amide bonds. The van der Waals surface area contributed by atoms with Crippen LogP contribution in [0.3, 0.4) is 0 Å². The molecule has 28 heavy (non-hydrogen) atoms. The van der Waals surface area contributed by atoms with Crippen molar-refractivity contribution in [2.75, 3.05) is 5.32 Å². The van der Waals surface area contributed by atoms with Gasteiger partial charge in [0.15, 0.2) is 5.76 Å². The molecule has 144 valence electrons. The molecule has 0 fully saturated rings. The van der Waals surface area contributed by atoms with Gasteiger partial charge in [-0.15, -0.1) is 0 Å². The second kappa shape index (κ2) is 8.50. The lowest BCUT2D eigenvalue weighted by Crippen LogP contribution is -2.27. The Hall–Kier alpha value is -2.76. The highest BCUT2D eigenvalue weighted by molar-refractivity contribution is 6.35. The molecule has 1 heterocycles. The van der Waals surface area contributed by atoms with Crippen molar-refractivity contribution in [3.05, 3.63) is 87.3 Å². The minimum absolute atomic E-state index is 0.195. The van der Waals surface area contributed by atoms with Crippen LogP contribution in [0.15, 0.2) is 59.2 Å². The molecule has 3 aromatic rings. The van der Waals surface area contributed by atoms with E-state index in [1.807, 2.05) is 13.8 Å². The molecular weight excluding hydrogens is 399 g/mol. The monoisotopic (exact) mass is 416 g/mol. The summed E-state index contributed by atoms with van der Waals surface area (Å²) in [5.41, 5.74) is 2.53. The third-order valence-electron chi connectivity index (χ3n) is 4.27. The first-order valence-electron chi connectivity index (χ1n) is 8.56. The molecule has 5 nitrogen and oxygen atoms in total. The predicted octanol–water partition coefficient (Wildman–Crippen LogP) is 5.64. The molecule has 0 aliphatic heterocycles. The van der Waals surface area contributed by atoms with Gasteiger partial charge >= 0.3 is 0 Å². The van der Waals surface area contributed by atoms with Gasteiger partial charge in [0.2, 0.25) is 0 Å². The van der Waals surface area contributed by atoms with Crippen molar-refractivity contribution in [1.82, 2.24) is 5.32 Å². The fourth-order valence-electron chi connectivity index (χ4n) is 2.70. The van der Waals surface area contributed by atoms with Crippen LogP contribution in [-0.2, 0) is 0 Å². The molecule has 0 radical (unpaired) electrons. The maximum atomic E-state index is 12.7. The highest BCUT2D eigenvalue weighted by atomic mass is 35.5. The van der Waals surface area contributed by atoms with Crippen molar-refractivity contribution < 1.29 is 14.0 Å². The molecule has 2 aromatic carbocycles. The third-order valence-corrected chi connectivity index (χ3v) is 4.83. The number of anilines is 1. The summed E-state index contributed by atoms with van der Waals surface area (Å²) in [5.74, 6) is -0.473. The molecule has 1 unspecified atom stereocenters. The van der Waals surface area contributed by atoms with Gasteiger partial charge in [0, 0.05) is 21.3 Å². The Morgan fingerprint density at radius 3 is 2.50 bits per heavy atom. The quantitative estimate of drug-likeness (QED) is 0.565. The first-order valence-corrected chi connectivity index (χ1v) is 9.32. The van der Waals surface area contributed by atoms with Crippen molar-refractivity contribution in [2.45, 2.75) is 19.9 Å². The van der Waals surface area contributed by atoms with Gasteiger partial charge in [0.1, 0.15) is 0 Å². The number of nitrogens with one attached hydrogen (secondary N) is 2. The average molecular weight is 417 g/mol. The summed E-state index contributed by atoms with van der Waals surface area (Å²) < 4.78 is 5.09. The average Bonchev–Trinajstić information content (AvgIpc) is 3.18. The highest BCUT2D eigenvalue weighted by Crippen LogP contribution is 2.26. The van der Waals surface area contributed by atoms with E-state index in [1.165, 1.54) is 6.26 Å². The van der Waals surface area contributed by atoms with Crippen LogP contribution < -0.4 is 10.6 Å². The van der Waals surface area contributed by atoms with Crippen molar-refractivity contribution in [1.29, 1.82) is 0 Å². The summed E-state index contributed by atoms with van der Waals surface area (Å²) in [6.07, 6.45) is 1.43. The Morgan fingerprint density at radius 2 is 1.82 bits per heavy atom. The van der Waals surface area contributed by atoms with Gasteiger partial charge in [-0.2, -0.15) is 0 Å². The van der Waals surface area contributed by atoms with E-state index >= 15 is 0 Å². The van der Waals surface area contributed by atoms with Gasteiger partial charge in [0.05, 0.1) is 12.3 Å². The summed E-state index contributed by atoms with van der Waals surface area (Å²) in [5, 5.41) is 6.67. The van der Waals surface area contributed by atoms with Crippen molar-refractivity contribution in [3.8, 4) is 0 Å². The normalized spacial score (nSPS) is 11.7. The number of furan rings is 1. The van der Waals surface area contributed by atoms with Crippen LogP contribution >= 0.6 is 23.2 Å². The van der Waals surface area contributed by atoms with Crippen LogP contribution in [0.25, 0.3) is 0 Å². The summed E-state index contributed by atoms with van der Waals surface area (Å²) in [4.78, 5) is 24.9. The van der Waals surface area contributed by atoms with Crippen molar-refractivity contribution in [3.63, 3.8) is 0 Å². The van der Waals surface area contributed by atoms with E-state index in [-0.39, 0.29) is 23.6 Å². The third kappa shape index (κ3) is 4.55. The lowest BCUT2D eigenvalue weighted by atomic mass is 10.1. The number of halogens is 2. The lowest BCUT2D eigenvalue weighted by Gasteiger charge is -2.17. The lowest BCUT2D eigenvalue weighted by molar-refractivity contribution is 0.0938. The number of carbonyl (C=O) groups excluding carboxylic acids is 2. The zero-order valence-corrected chi connectivity index (χ0v) is 16.8. The number of rotatable bonds is 5. The number of aryl methyl sites for hydroxylation is 1. The number of hydrogen-bond donors (Lipinski definition) is 2. The molecule has 0 saturated heterocycles. The fraction of sp³-hybridized carbons (Fsp3) is 0.143. The zero-order chi connectivity index (χ0) is 20.3. The molecule has 1 atom stereocenters. The summed E-state index contributed by atoms with van der Waals surface area (Å²) in [6, 6.07) is 13.1. The first kappa shape index (κ1) is 20.0. The van der Waals surface area contributed by atoms with Crippen LogP contribution in [0.1, 0.15) is 45.0 Å². The Labute approximate surface area is 172 Å². The van der Waals surface area contributed by atoms with Gasteiger partial charge < -0.3 is 15.1 Å². The van der Waals surface area contributed by atoms with E-state index in [2.05, 4.69) is 10.6 Å². The minimum atomic E-state index is -0.382.